The molecule has 0 bridgehead atoms. The van der Waals surface area contributed by atoms with Gasteiger partial charge in [0.15, 0.2) is 0 Å². The summed E-state index contributed by atoms with van der Waals surface area (Å²) in [5.41, 5.74) is 2.47. The van der Waals surface area contributed by atoms with Crippen molar-refractivity contribution in [3.05, 3.63) is 59.9 Å². The number of likely N-dealkylation sites (tertiary alicyclic amines) is 1. The number of fused-ring (bicyclic) bond motifs is 4. The second kappa shape index (κ2) is 7.68. The largest absolute Gasteiger partial charge is 0.346 e. The number of anilines is 1. The van der Waals surface area contributed by atoms with E-state index in [1.807, 2.05) is 36.2 Å². The Hall–Kier alpha value is -3.68. The molecule has 1 atom stereocenters. The molecule has 8 nitrogen and oxygen atoms in total. The highest BCUT2D eigenvalue weighted by Gasteiger charge is 2.53. The first-order valence-electron chi connectivity index (χ1n) is 11.9. The van der Waals surface area contributed by atoms with Crippen molar-refractivity contribution in [2.24, 2.45) is 0 Å². The van der Waals surface area contributed by atoms with Crippen molar-refractivity contribution in [1.29, 1.82) is 0 Å². The van der Waals surface area contributed by atoms with Crippen LogP contribution in [0.4, 0.5) is 5.69 Å². The van der Waals surface area contributed by atoms with Crippen molar-refractivity contribution in [2.75, 3.05) is 24.5 Å². The summed E-state index contributed by atoms with van der Waals surface area (Å²) in [7, 11) is 0. The van der Waals surface area contributed by atoms with E-state index in [1.54, 1.807) is 28.1 Å². The van der Waals surface area contributed by atoms with Gasteiger partial charge in [-0.05, 0) is 61.9 Å². The molecule has 0 aliphatic carbocycles. The Morgan fingerprint density at radius 1 is 1.15 bits per heavy atom. The van der Waals surface area contributed by atoms with E-state index < -0.39 is 5.66 Å². The number of rotatable bonds is 3. The van der Waals surface area contributed by atoms with Gasteiger partial charge in [-0.15, -0.1) is 0 Å². The van der Waals surface area contributed by atoms with Crippen LogP contribution in [0.25, 0.3) is 11.0 Å². The van der Waals surface area contributed by atoms with Crippen LogP contribution in [0.15, 0.2) is 48.8 Å². The zero-order chi connectivity index (χ0) is 23.4. The van der Waals surface area contributed by atoms with Crippen molar-refractivity contribution in [2.45, 2.75) is 44.2 Å². The van der Waals surface area contributed by atoms with Crippen LogP contribution in [0, 0.1) is 0 Å². The molecule has 6 rings (SSSR count). The lowest BCUT2D eigenvalue weighted by atomic mass is 9.89. The molecular formula is C26H27N5O3. The van der Waals surface area contributed by atoms with Gasteiger partial charge in [-0.1, -0.05) is 12.1 Å². The predicted octanol–water partition coefficient (Wildman–Crippen LogP) is 3.27. The number of hydrogen-bond donors (Lipinski definition) is 1. The minimum atomic E-state index is -0.812. The van der Waals surface area contributed by atoms with Gasteiger partial charge >= 0.3 is 0 Å². The summed E-state index contributed by atoms with van der Waals surface area (Å²) in [4.78, 5) is 52.3. The summed E-state index contributed by atoms with van der Waals surface area (Å²) in [6, 6.07) is 11.2. The van der Waals surface area contributed by atoms with Crippen LogP contribution >= 0.6 is 0 Å². The molecule has 5 heterocycles. The normalized spacial score (nSPS) is 22.9. The van der Waals surface area contributed by atoms with E-state index >= 15 is 0 Å². The molecule has 1 unspecified atom stereocenters. The van der Waals surface area contributed by atoms with Gasteiger partial charge in [-0.3, -0.25) is 19.3 Å². The van der Waals surface area contributed by atoms with E-state index in [0.29, 0.717) is 43.1 Å². The second-order valence-electron chi connectivity index (χ2n) is 9.65. The van der Waals surface area contributed by atoms with Crippen LogP contribution in [0.2, 0.25) is 0 Å². The molecule has 3 aromatic rings. The third kappa shape index (κ3) is 3.04. The molecular weight excluding hydrogens is 430 g/mol. The van der Waals surface area contributed by atoms with Crippen LogP contribution in [-0.4, -0.2) is 62.8 Å². The first-order chi connectivity index (χ1) is 16.5. The monoisotopic (exact) mass is 457 g/mol. The maximum Gasteiger partial charge on any atom is 0.258 e. The number of amides is 3. The van der Waals surface area contributed by atoms with Crippen molar-refractivity contribution >= 4 is 34.4 Å². The molecule has 2 saturated heterocycles. The smallest absolute Gasteiger partial charge is 0.258 e. The Morgan fingerprint density at radius 3 is 2.76 bits per heavy atom. The standard InChI is InChI=1S/C26H27N5O3/c1-26-11-8-22(32)31(26)21-7-3-2-5-19(21)25(34)30(26)16-23(33)29-13-9-17(10-14-29)20-15-28-24-18(20)6-4-12-27-24/h2-7,12,15,17H,8-11,13-14,16H2,1H3,(H,27,28). The Bertz CT molecular complexity index is 1310. The van der Waals surface area contributed by atoms with Gasteiger partial charge in [-0.2, -0.15) is 0 Å². The number of benzene rings is 1. The van der Waals surface area contributed by atoms with E-state index in [9.17, 15) is 14.4 Å². The molecule has 1 N–H and O–H groups in total. The highest BCUT2D eigenvalue weighted by atomic mass is 16.2. The molecule has 2 fully saturated rings. The molecule has 8 heteroatoms. The number of aromatic amines is 1. The van der Waals surface area contributed by atoms with Gasteiger partial charge in [0.2, 0.25) is 11.8 Å². The fraction of sp³-hybridized carbons (Fsp3) is 0.385. The fourth-order valence-electron chi connectivity index (χ4n) is 5.93. The quantitative estimate of drug-likeness (QED) is 0.654. The summed E-state index contributed by atoms with van der Waals surface area (Å²) in [6.45, 7) is 3.17. The molecule has 3 aliphatic heterocycles. The van der Waals surface area contributed by atoms with E-state index in [4.69, 9.17) is 0 Å². The Balaban J connectivity index is 1.19. The number of piperidine rings is 1. The van der Waals surface area contributed by atoms with E-state index in [1.165, 1.54) is 5.56 Å². The van der Waals surface area contributed by atoms with Crippen molar-refractivity contribution in [1.82, 2.24) is 19.8 Å². The number of pyridine rings is 1. The van der Waals surface area contributed by atoms with Crippen molar-refractivity contribution in [3.63, 3.8) is 0 Å². The van der Waals surface area contributed by atoms with Crippen molar-refractivity contribution in [3.8, 4) is 0 Å². The lowest BCUT2D eigenvalue weighted by Crippen LogP contribution is -2.64. The third-order valence-corrected chi connectivity index (χ3v) is 7.81. The van der Waals surface area contributed by atoms with Gasteiger partial charge < -0.3 is 14.8 Å². The molecule has 0 saturated carbocycles. The van der Waals surface area contributed by atoms with Gasteiger partial charge in [0, 0.05) is 37.3 Å². The Morgan fingerprint density at radius 2 is 1.94 bits per heavy atom. The van der Waals surface area contributed by atoms with Gasteiger partial charge in [0.25, 0.3) is 5.91 Å². The molecule has 0 spiro atoms. The zero-order valence-electron chi connectivity index (χ0n) is 19.2. The number of carbonyl (C=O) groups is 3. The van der Waals surface area contributed by atoms with Crippen LogP contribution < -0.4 is 4.90 Å². The summed E-state index contributed by atoms with van der Waals surface area (Å²) in [6.07, 6.45) is 6.45. The maximum atomic E-state index is 13.4. The SMILES string of the molecule is CC12CCC(=O)N1c1ccccc1C(=O)N2CC(=O)N1CCC(c2c[nH]c3ncccc23)CC1. The molecule has 174 valence electrons. The average Bonchev–Trinajstić information content (AvgIpc) is 3.43. The lowest BCUT2D eigenvalue weighted by molar-refractivity contribution is -0.134. The molecule has 3 aliphatic rings. The highest BCUT2D eigenvalue weighted by Crippen LogP contribution is 2.44. The first-order valence-corrected chi connectivity index (χ1v) is 11.9. The third-order valence-electron chi connectivity index (χ3n) is 7.81. The molecule has 2 aromatic heterocycles. The summed E-state index contributed by atoms with van der Waals surface area (Å²) >= 11 is 0. The van der Waals surface area contributed by atoms with Crippen molar-refractivity contribution < 1.29 is 14.4 Å². The first kappa shape index (κ1) is 20.9. The second-order valence-corrected chi connectivity index (χ2v) is 9.65. The lowest BCUT2D eigenvalue weighted by Gasteiger charge is -2.48. The number of carbonyl (C=O) groups excluding carboxylic acids is 3. The number of H-pyrrole nitrogens is 1. The number of nitrogens with zero attached hydrogens (tertiary/aromatic N) is 4. The fourth-order valence-corrected chi connectivity index (χ4v) is 5.93. The average molecular weight is 458 g/mol. The number of hydrogen-bond acceptors (Lipinski definition) is 4. The van der Waals surface area contributed by atoms with Crippen LogP contribution in [0.1, 0.15) is 54.4 Å². The molecule has 0 radical (unpaired) electrons. The van der Waals surface area contributed by atoms with Gasteiger partial charge in [0.05, 0.1) is 11.3 Å². The predicted molar refractivity (Wildman–Crippen MR) is 127 cm³/mol. The minimum absolute atomic E-state index is 0.00562. The maximum absolute atomic E-state index is 13.4. The zero-order valence-corrected chi connectivity index (χ0v) is 19.2. The van der Waals surface area contributed by atoms with Gasteiger partial charge in [-0.25, -0.2) is 4.98 Å². The van der Waals surface area contributed by atoms with Gasteiger partial charge in [0.1, 0.15) is 17.9 Å². The Labute approximate surface area is 197 Å². The number of aromatic nitrogens is 2. The van der Waals surface area contributed by atoms with E-state index in [0.717, 1.165) is 23.9 Å². The summed E-state index contributed by atoms with van der Waals surface area (Å²) in [5, 5.41) is 1.14. The van der Waals surface area contributed by atoms with E-state index in [-0.39, 0.29) is 24.3 Å². The summed E-state index contributed by atoms with van der Waals surface area (Å²) in [5.74, 6) is 0.116. The van der Waals surface area contributed by atoms with E-state index in [2.05, 4.69) is 16.0 Å². The number of para-hydroxylation sites is 1. The molecule has 3 amide bonds. The molecule has 34 heavy (non-hydrogen) atoms. The summed E-state index contributed by atoms with van der Waals surface area (Å²) < 4.78 is 0. The van der Waals surface area contributed by atoms with Crippen LogP contribution in [0.3, 0.4) is 0 Å². The highest BCUT2D eigenvalue weighted by molar-refractivity contribution is 6.11. The molecule has 1 aromatic carbocycles. The Kier molecular flexibility index (Phi) is 4.72. The topological polar surface area (TPSA) is 89.6 Å². The number of nitrogens with one attached hydrogen (secondary N) is 1. The van der Waals surface area contributed by atoms with Crippen LogP contribution in [-0.2, 0) is 9.59 Å². The van der Waals surface area contributed by atoms with Crippen LogP contribution in [0.5, 0.6) is 0 Å². The minimum Gasteiger partial charge on any atom is -0.346 e.